The van der Waals surface area contributed by atoms with Crippen LogP contribution < -0.4 is 5.32 Å². The average Bonchev–Trinajstić information content (AvgIpc) is 2.47. The van der Waals surface area contributed by atoms with Gasteiger partial charge >= 0.3 is 6.18 Å². The lowest BCUT2D eigenvalue weighted by molar-refractivity contribution is -0.136. The Labute approximate surface area is 118 Å². The molecule has 2 aromatic rings. The van der Waals surface area contributed by atoms with Crippen LogP contribution in [-0.4, -0.2) is 15.9 Å². The van der Waals surface area contributed by atoms with Crippen LogP contribution in [0.3, 0.4) is 0 Å². The van der Waals surface area contributed by atoms with Gasteiger partial charge in [-0.15, -0.1) is 0 Å². The van der Waals surface area contributed by atoms with Gasteiger partial charge in [-0.1, -0.05) is 17.3 Å². The Morgan fingerprint density at radius 2 is 1.90 bits per heavy atom. The van der Waals surface area contributed by atoms with E-state index in [1.165, 1.54) is 24.4 Å². The summed E-state index contributed by atoms with van der Waals surface area (Å²) >= 11 is 0. The van der Waals surface area contributed by atoms with Crippen LogP contribution in [0.15, 0.2) is 47.8 Å². The summed E-state index contributed by atoms with van der Waals surface area (Å²) in [5.41, 5.74) is 0.361. The third-order valence-corrected chi connectivity index (χ3v) is 2.80. The van der Waals surface area contributed by atoms with Crippen molar-refractivity contribution in [2.75, 3.05) is 5.32 Å². The molecule has 0 aliphatic heterocycles. The number of nitrogens with one attached hydrogen (secondary N) is 1. The van der Waals surface area contributed by atoms with Crippen molar-refractivity contribution < 1.29 is 18.4 Å². The predicted molar refractivity (Wildman–Crippen MR) is 73.0 cm³/mol. The highest BCUT2D eigenvalue weighted by Gasteiger charge is 2.33. The second kappa shape index (κ2) is 5.82. The minimum absolute atomic E-state index is 0.0490. The fourth-order valence-electron chi connectivity index (χ4n) is 1.73. The van der Waals surface area contributed by atoms with Gasteiger partial charge in [-0.25, -0.2) is 0 Å². The van der Waals surface area contributed by atoms with E-state index in [1.807, 2.05) is 0 Å². The van der Waals surface area contributed by atoms with Gasteiger partial charge < -0.3 is 10.5 Å². The lowest BCUT2D eigenvalue weighted by Gasteiger charge is -2.14. The van der Waals surface area contributed by atoms with E-state index in [1.54, 1.807) is 19.1 Å². The standard InChI is InChI=1S/C14H12F3N3O/c1-9(20-21)12-7-6-10(8-18-12)19-13-5-3-2-4-11(13)14(15,16)17/h2-8,19,21H,1H3/b20-9-. The number of rotatable bonds is 3. The molecule has 1 aromatic heterocycles. The summed E-state index contributed by atoms with van der Waals surface area (Å²) in [6.45, 7) is 1.56. The quantitative estimate of drug-likeness (QED) is 0.510. The molecule has 1 aromatic carbocycles. The van der Waals surface area contributed by atoms with E-state index in [9.17, 15) is 13.2 Å². The molecule has 0 aliphatic rings. The van der Waals surface area contributed by atoms with Gasteiger partial charge in [0.25, 0.3) is 0 Å². The molecule has 7 heteroatoms. The highest BCUT2D eigenvalue weighted by atomic mass is 19.4. The maximum atomic E-state index is 12.9. The summed E-state index contributed by atoms with van der Waals surface area (Å²) in [6.07, 6.45) is -3.06. The van der Waals surface area contributed by atoms with Crippen LogP contribution in [0, 0.1) is 0 Å². The number of para-hydroxylation sites is 1. The van der Waals surface area contributed by atoms with Crippen LogP contribution in [0.5, 0.6) is 0 Å². The minimum Gasteiger partial charge on any atom is -0.411 e. The van der Waals surface area contributed by atoms with E-state index < -0.39 is 11.7 Å². The number of pyridine rings is 1. The van der Waals surface area contributed by atoms with Crippen molar-refractivity contribution in [3.8, 4) is 0 Å². The lowest BCUT2D eigenvalue weighted by atomic mass is 10.1. The summed E-state index contributed by atoms with van der Waals surface area (Å²) in [5, 5.41) is 14.3. The zero-order chi connectivity index (χ0) is 15.5. The molecule has 0 saturated carbocycles. The molecule has 4 nitrogen and oxygen atoms in total. The van der Waals surface area contributed by atoms with Gasteiger partial charge in [0.05, 0.1) is 28.8 Å². The van der Waals surface area contributed by atoms with Crippen LogP contribution in [0.2, 0.25) is 0 Å². The fourth-order valence-corrected chi connectivity index (χ4v) is 1.73. The highest BCUT2D eigenvalue weighted by molar-refractivity contribution is 5.96. The zero-order valence-corrected chi connectivity index (χ0v) is 11.0. The van der Waals surface area contributed by atoms with Crippen molar-refractivity contribution in [1.29, 1.82) is 0 Å². The summed E-state index contributed by atoms with van der Waals surface area (Å²) in [4.78, 5) is 4.00. The average molecular weight is 295 g/mol. The number of hydrogen-bond donors (Lipinski definition) is 2. The maximum absolute atomic E-state index is 12.9. The van der Waals surface area contributed by atoms with Crippen molar-refractivity contribution in [1.82, 2.24) is 4.98 Å². The van der Waals surface area contributed by atoms with E-state index >= 15 is 0 Å². The number of anilines is 2. The molecule has 0 spiro atoms. The summed E-state index contributed by atoms with van der Waals surface area (Å²) in [7, 11) is 0. The number of nitrogens with zero attached hydrogens (tertiary/aromatic N) is 2. The normalized spacial score (nSPS) is 12.3. The SMILES string of the molecule is C/C(=N/O)c1ccc(Nc2ccccc2C(F)(F)F)cn1. The van der Waals surface area contributed by atoms with Gasteiger partial charge in [0.2, 0.25) is 0 Å². The molecule has 0 saturated heterocycles. The van der Waals surface area contributed by atoms with Crippen LogP contribution in [0.25, 0.3) is 0 Å². The molecular formula is C14H12F3N3O. The first kappa shape index (κ1) is 14.8. The van der Waals surface area contributed by atoms with Crippen molar-refractivity contribution in [2.24, 2.45) is 5.16 Å². The molecular weight excluding hydrogens is 283 g/mol. The van der Waals surface area contributed by atoms with Crippen LogP contribution in [0.4, 0.5) is 24.5 Å². The molecule has 0 unspecified atom stereocenters. The molecule has 0 radical (unpaired) electrons. The molecule has 0 fully saturated rings. The Kier molecular flexibility index (Phi) is 4.11. The third-order valence-electron chi connectivity index (χ3n) is 2.80. The van der Waals surface area contributed by atoms with Crippen molar-refractivity contribution in [3.63, 3.8) is 0 Å². The van der Waals surface area contributed by atoms with Crippen molar-refractivity contribution >= 4 is 17.1 Å². The number of aromatic nitrogens is 1. The molecule has 1 heterocycles. The fraction of sp³-hybridized carbons (Fsp3) is 0.143. The van der Waals surface area contributed by atoms with E-state index in [4.69, 9.17) is 5.21 Å². The minimum atomic E-state index is -4.43. The molecule has 0 amide bonds. The first-order valence-electron chi connectivity index (χ1n) is 6.00. The van der Waals surface area contributed by atoms with Gasteiger partial charge in [-0.2, -0.15) is 13.2 Å². The van der Waals surface area contributed by atoms with E-state index in [0.29, 0.717) is 17.1 Å². The molecule has 0 bridgehead atoms. The lowest BCUT2D eigenvalue weighted by Crippen LogP contribution is -2.08. The monoisotopic (exact) mass is 295 g/mol. The second-order valence-corrected chi connectivity index (χ2v) is 4.29. The maximum Gasteiger partial charge on any atom is 0.418 e. The molecule has 21 heavy (non-hydrogen) atoms. The third kappa shape index (κ3) is 3.50. The van der Waals surface area contributed by atoms with E-state index in [2.05, 4.69) is 15.5 Å². The molecule has 0 aliphatic carbocycles. The summed E-state index contributed by atoms with van der Waals surface area (Å²) in [6, 6.07) is 8.31. The van der Waals surface area contributed by atoms with Gasteiger partial charge in [-0.3, -0.25) is 4.98 Å². The number of halogens is 3. The number of alkyl halides is 3. The predicted octanol–water partition coefficient (Wildman–Crippen LogP) is 4.04. The summed E-state index contributed by atoms with van der Waals surface area (Å²) < 4.78 is 38.6. The topological polar surface area (TPSA) is 57.5 Å². The highest BCUT2D eigenvalue weighted by Crippen LogP contribution is 2.35. The first-order valence-corrected chi connectivity index (χ1v) is 6.00. The summed E-state index contributed by atoms with van der Waals surface area (Å²) in [5.74, 6) is 0. The first-order chi connectivity index (χ1) is 9.91. The zero-order valence-electron chi connectivity index (χ0n) is 11.0. The molecule has 110 valence electrons. The van der Waals surface area contributed by atoms with Crippen LogP contribution in [0.1, 0.15) is 18.2 Å². The molecule has 2 rings (SSSR count). The second-order valence-electron chi connectivity index (χ2n) is 4.29. The Hall–Kier alpha value is -2.57. The number of benzene rings is 1. The van der Waals surface area contributed by atoms with Crippen molar-refractivity contribution in [3.05, 3.63) is 53.9 Å². The Morgan fingerprint density at radius 1 is 1.19 bits per heavy atom. The van der Waals surface area contributed by atoms with E-state index in [0.717, 1.165) is 6.07 Å². The number of hydrogen-bond acceptors (Lipinski definition) is 4. The van der Waals surface area contributed by atoms with Gasteiger partial charge in [0.15, 0.2) is 0 Å². The van der Waals surface area contributed by atoms with Gasteiger partial charge in [0.1, 0.15) is 5.71 Å². The molecule has 2 N–H and O–H groups in total. The Bertz CT molecular complexity index is 651. The largest absolute Gasteiger partial charge is 0.418 e. The van der Waals surface area contributed by atoms with Crippen LogP contribution >= 0.6 is 0 Å². The van der Waals surface area contributed by atoms with Gasteiger partial charge in [-0.05, 0) is 31.2 Å². The van der Waals surface area contributed by atoms with Crippen LogP contribution in [-0.2, 0) is 6.18 Å². The Morgan fingerprint density at radius 3 is 2.48 bits per heavy atom. The molecule has 0 atom stereocenters. The smallest absolute Gasteiger partial charge is 0.411 e. The van der Waals surface area contributed by atoms with Crippen molar-refractivity contribution in [2.45, 2.75) is 13.1 Å². The number of oxime groups is 1. The Balaban J connectivity index is 2.27. The van der Waals surface area contributed by atoms with Gasteiger partial charge in [0, 0.05) is 0 Å². The van der Waals surface area contributed by atoms with E-state index in [-0.39, 0.29) is 5.69 Å².